The molecule has 0 saturated carbocycles. The molecule has 3 heterocycles. The van der Waals surface area contributed by atoms with Crippen LogP contribution < -0.4 is 20.3 Å². The quantitative estimate of drug-likeness (QED) is 0.356. The highest BCUT2D eigenvalue weighted by molar-refractivity contribution is 7.99. The van der Waals surface area contributed by atoms with E-state index < -0.39 is 0 Å². The Kier molecular flexibility index (Phi) is 5.03. The summed E-state index contributed by atoms with van der Waals surface area (Å²) in [5, 5.41) is 4.32. The van der Waals surface area contributed by atoms with Crippen molar-refractivity contribution in [2.75, 3.05) is 12.5 Å². The number of hydrogen-bond acceptors (Lipinski definition) is 6. The summed E-state index contributed by atoms with van der Waals surface area (Å²) < 4.78 is 12.3. The number of benzene rings is 2. The standard InChI is InChI=1S/C22H20N4O4S/c1-2-26-21(28)20-19(14-5-3-4-6-15(14)24-20)25-22(26)31-11-18(27)23-10-13-7-8-16-17(9-13)30-12-29-16/h3-9,24H,2,10-12H2,1H3,(H,23,27). The van der Waals surface area contributed by atoms with Crippen molar-refractivity contribution >= 4 is 39.6 Å². The Balaban J connectivity index is 1.32. The third-order valence-electron chi connectivity index (χ3n) is 5.15. The lowest BCUT2D eigenvalue weighted by atomic mass is 10.2. The Morgan fingerprint density at radius 2 is 2.06 bits per heavy atom. The number of nitrogens with one attached hydrogen (secondary N) is 2. The molecule has 1 aliphatic heterocycles. The van der Waals surface area contributed by atoms with Crippen molar-refractivity contribution < 1.29 is 14.3 Å². The van der Waals surface area contributed by atoms with Gasteiger partial charge in [0.1, 0.15) is 11.0 Å². The zero-order chi connectivity index (χ0) is 21.4. The monoisotopic (exact) mass is 436 g/mol. The van der Waals surface area contributed by atoms with E-state index in [2.05, 4.69) is 10.3 Å². The van der Waals surface area contributed by atoms with Crippen LogP contribution in [0.15, 0.2) is 52.4 Å². The van der Waals surface area contributed by atoms with Gasteiger partial charge in [-0.25, -0.2) is 4.98 Å². The van der Waals surface area contributed by atoms with E-state index in [9.17, 15) is 9.59 Å². The second-order valence-corrected chi connectivity index (χ2v) is 8.03. The number of rotatable bonds is 6. The van der Waals surface area contributed by atoms with Crippen LogP contribution in [0.1, 0.15) is 12.5 Å². The molecule has 0 radical (unpaired) electrons. The summed E-state index contributed by atoms with van der Waals surface area (Å²) in [5.74, 6) is 1.41. The number of aromatic nitrogens is 3. The zero-order valence-electron chi connectivity index (χ0n) is 16.8. The average molecular weight is 436 g/mol. The molecule has 2 N–H and O–H groups in total. The topological polar surface area (TPSA) is 98.2 Å². The fourth-order valence-corrected chi connectivity index (χ4v) is 4.48. The molecular weight excluding hydrogens is 416 g/mol. The summed E-state index contributed by atoms with van der Waals surface area (Å²) in [5.41, 5.74) is 2.78. The fourth-order valence-electron chi connectivity index (χ4n) is 3.60. The van der Waals surface area contributed by atoms with Gasteiger partial charge in [0.2, 0.25) is 12.7 Å². The smallest absolute Gasteiger partial charge is 0.278 e. The Labute approximate surface area is 181 Å². The molecule has 0 bridgehead atoms. The molecule has 5 rings (SSSR count). The lowest BCUT2D eigenvalue weighted by Crippen LogP contribution is -2.26. The maximum absolute atomic E-state index is 13.0. The number of nitrogens with zero attached hydrogens (tertiary/aromatic N) is 2. The number of ether oxygens (including phenoxy) is 2. The maximum Gasteiger partial charge on any atom is 0.278 e. The molecule has 0 saturated heterocycles. The summed E-state index contributed by atoms with van der Waals surface area (Å²) in [4.78, 5) is 33.3. The molecule has 0 spiro atoms. The third kappa shape index (κ3) is 3.61. The van der Waals surface area contributed by atoms with Gasteiger partial charge in [-0.15, -0.1) is 0 Å². The normalized spacial score (nSPS) is 12.5. The molecule has 1 amide bonds. The van der Waals surface area contributed by atoms with Gasteiger partial charge in [0, 0.05) is 24.0 Å². The van der Waals surface area contributed by atoms with Crippen molar-refractivity contribution in [3.05, 3.63) is 58.4 Å². The molecule has 0 unspecified atom stereocenters. The van der Waals surface area contributed by atoms with Crippen LogP contribution in [0.25, 0.3) is 21.9 Å². The second kappa shape index (κ2) is 7.99. The van der Waals surface area contributed by atoms with Gasteiger partial charge in [-0.3, -0.25) is 14.2 Å². The fraction of sp³-hybridized carbons (Fsp3) is 0.227. The van der Waals surface area contributed by atoms with E-state index in [0.29, 0.717) is 40.8 Å². The molecule has 0 atom stereocenters. The van der Waals surface area contributed by atoms with Crippen molar-refractivity contribution in [1.29, 1.82) is 0 Å². The minimum Gasteiger partial charge on any atom is -0.454 e. The number of H-pyrrole nitrogens is 1. The molecule has 9 heteroatoms. The molecule has 0 aliphatic carbocycles. The van der Waals surface area contributed by atoms with Gasteiger partial charge in [0.15, 0.2) is 16.7 Å². The van der Waals surface area contributed by atoms with Gasteiger partial charge in [-0.1, -0.05) is 36.0 Å². The lowest BCUT2D eigenvalue weighted by Gasteiger charge is -2.10. The van der Waals surface area contributed by atoms with Gasteiger partial charge < -0.3 is 19.8 Å². The molecule has 8 nitrogen and oxygen atoms in total. The second-order valence-electron chi connectivity index (χ2n) is 7.09. The van der Waals surface area contributed by atoms with Gasteiger partial charge in [0.25, 0.3) is 5.56 Å². The van der Waals surface area contributed by atoms with Crippen LogP contribution >= 0.6 is 11.8 Å². The SMILES string of the molecule is CCn1c(SCC(=O)NCc2ccc3c(c2)OCO3)nc2c([nH]c3ccccc32)c1=O. The molecule has 2 aromatic heterocycles. The third-order valence-corrected chi connectivity index (χ3v) is 6.13. The Hall–Kier alpha value is -3.46. The van der Waals surface area contributed by atoms with E-state index in [1.807, 2.05) is 49.4 Å². The number of hydrogen-bond donors (Lipinski definition) is 2. The summed E-state index contributed by atoms with van der Waals surface area (Å²) in [6, 6.07) is 13.3. The van der Waals surface area contributed by atoms with Gasteiger partial charge in [0.05, 0.1) is 5.75 Å². The van der Waals surface area contributed by atoms with Crippen molar-refractivity contribution in [3.63, 3.8) is 0 Å². The van der Waals surface area contributed by atoms with Crippen molar-refractivity contribution in [1.82, 2.24) is 19.9 Å². The summed E-state index contributed by atoms with van der Waals surface area (Å²) >= 11 is 1.26. The number of amides is 1. The van der Waals surface area contributed by atoms with E-state index in [1.165, 1.54) is 11.8 Å². The van der Waals surface area contributed by atoms with E-state index >= 15 is 0 Å². The molecule has 1 aliphatic rings. The van der Waals surface area contributed by atoms with Crippen LogP contribution in [0.5, 0.6) is 11.5 Å². The number of carbonyl (C=O) groups excluding carboxylic acids is 1. The van der Waals surface area contributed by atoms with E-state index in [1.54, 1.807) is 4.57 Å². The molecular formula is C22H20N4O4S. The van der Waals surface area contributed by atoms with Crippen molar-refractivity contribution in [3.8, 4) is 11.5 Å². The first-order chi connectivity index (χ1) is 15.1. The predicted molar refractivity (Wildman–Crippen MR) is 119 cm³/mol. The van der Waals surface area contributed by atoms with Gasteiger partial charge >= 0.3 is 0 Å². The number of carbonyl (C=O) groups is 1. The number of para-hydroxylation sites is 1. The highest BCUT2D eigenvalue weighted by Crippen LogP contribution is 2.32. The largest absolute Gasteiger partial charge is 0.454 e. The zero-order valence-corrected chi connectivity index (χ0v) is 17.6. The molecule has 4 aromatic rings. The van der Waals surface area contributed by atoms with E-state index in [-0.39, 0.29) is 24.0 Å². The predicted octanol–water partition coefficient (Wildman–Crippen LogP) is 3.03. The molecule has 0 fully saturated rings. The highest BCUT2D eigenvalue weighted by atomic mass is 32.2. The van der Waals surface area contributed by atoms with Crippen LogP contribution in [-0.4, -0.2) is 33.0 Å². The number of thioether (sulfide) groups is 1. The first-order valence-electron chi connectivity index (χ1n) is 9.93. The summed E-state index contributed by atoms with van der Waals surface area (Å²) in [6.45, 7) is 2.96. The van der Waals surface area contributed by atoms with Crippen LogP contribution in [0.2, 0.25) is 0 Å². The summed E-state index contributed by atoms with van der Waals surface area (Å²) in [7, 11) is 0. The maximum atomic E-state index is 13.0. The first-order valence-corrected chi connectivity index (χ1v) is 10.9. The number of aromatic amines is 1. The van der Waals surface area contributed by atoms with Crippen molar-refractivity contribution in [2.24, 2.45) is 0 Å². The minimum atomic E-state index is -0.140. The highest BCUT2D eigenvalue weighted by Gasteiger charge is 2.17. The number of fused-ring (bicyclic) bond motifs is 4. The molecule has 158 valence electrons. The Morgan fingerprint density at radius 3 is 2.94 bits per heavy atom. The lowest BCUT2D eigenvalue weighted by molar-refractivity contribution is -0.118. The van der Waals surface area contributed by atoms with Crippen LogP contribution in [-0.2, 0) is 17.9 Å². The molecule has 31 heavy (non-hydrogen) atoms. The van der Waals surface area contributed by atoms with Gasteiger partial charge in [-0.05, 0) is 30.7 Å². The van der Waals surface area contributed by atoms with Crippen LogP contribution in [0, 0.1) is 0 Å². The minimum absolute atomic E-state index is 0.132. The van der Waals surface area contributed by atoms with Crippen LogP contribution in [0.3, 0.4) is 0 Å². The summed E-state index contributed by atoms with van der Waals surface area (Å²) in [6.07, 6.45) is 0. The Morgan fingerprint density at radius 1 is 1.23 bits per heavy atom. The van der Waals surface area contributed by atoms with E-state index in [4.69, 9.17) is 14.5 Å². The van der Waals surface area contributed by atoms with Crippen LogP contribution in [0.4, 0.5) is 0 Å². The Bertz CT molecular complexity index is 1360. The molecule has 2 aromatic carbocycles. The average Bonchev–Trinajstić information content (AvgIpc) is 3.40. The first kappa shape index (κ1) is 19.5. The van der Waals surface area contributed by atoms with Gasteiger partial charge in [-0.2, -0.15) is 0 Å². The van der Waals surface area contributed by atoms with Crippen molar-refractivity contribution in [2.45, 2.75) is 25.2 Å². The van der Waals surface area contributed by atoms with E-state index in [0.717, 1.165) is 16.5 Å².